The van der Waals surface area contributed by atoms with Gasteiger partial charge in [-0.15, -0.1) is 0 Å². The monoisotopic (exact) mass is 197 g/mol. The van der Waals surface area contributed by atoms with Crippen LogP contribution in [0.15, 0.2) is 18.2 Å². The fraction of sp³-hybridized carbons (Fsp3) is 0.455. The summed E-state index contributed by atoms with van der Waals surface area (Å²) in [6, 6.07) is 8.29. The average molecular weight is 198 g/mol. The van der Waals surface area contributed by atoms with E-state index in [1.807, 2.05) is 6.07 Å². The van der Waals surface area contributed by atoms with Crippen molar-refractivity contribution >= 4 is 11.6 Å². The number of unbranched alkanes of at least 4 members (excludes halogenated alkanes) is 2. The Kier molecular flexibility index (Phi) is 4.69. The van der Waals surface area contributed by atoms with Gasteiger partial charge >= 0.3 is 0 Å². The molecule has 2 heteroatoms. The van der Waals surface area contributed by atoms with Gasteiger partial charge in [0.2, 0.25) is 0 Å². The van der Waals surface area contributed by atoms with Crippen molar-refractivity contribution in [3.8, 4) is 5.75 Å². The lowest BCUT2D eigenvalue weighted by Gasteiger charge is -2.04. The van der Waals surface area contributed by atoms with Crippen LogP contribution >= 0.6 is 11.6 Å². The van der Waals surface area contributed by atoms with Crippen molar-refractivity contribution < 1.29 is 4.74 Å². The van der Waals surface area contributed by atoms with E-state index in [-0.39, 0.29) is 0 Å². The van der Waals surface area contributed by atoms with Gasteiger partial charge in [-0.3, -0.25) is 0 Å². The number of hydrogen-bond acceptors (Lipinski definition) is 1. The van der Waals surface area contributed by atoms with Gasteiger partial charge in [0.05, 0.1) is 11.6 Å². The first-order valence-corrected chi connectivity index (χ1v) is 5.00. The van der Waals surface area contributed by atoms with Gasteiger partial charge in [-0.05, 0) is 24.6 Å². The zero-order valence-corrected chi connectivity index (χ0v) is 8.60. The molecule has 0 aliphatic carbocycles. The second kappa shape index (κ2) is 5.87. The SMILES string of the molecule is CCCCCOc1cc[c]c(Cl)c1. The van der Waals surface area contributed by atoms with Crippen molar-refractivity contribution in [2.24, 2.45) is 0 Å². The van der Waals surface area contributed by atoms with E-state index < -0.39 is 0 Å². The summed E-state index contributed by atoms with van der Waals surface area (Å²) in [5, 5.41) is 0.605. The van der Waals surface area contributed by atoms with Crippen molar-refractivity contribution in [1.29, 1.82) is 0 Å². The molecule has 0 fully saturated rings. The van der Waals surface area contributed by atoms with Crippen LogP contribution in [0.5, 0.6) is 5.75 Å². The number of rotatable bonds is 5. The first-order valence-electron chi connectivity index (χ1n) is 4.63. The largest absolute Gasteiger partial charge is 0.494 e. The highest BCUT2D eigenvalue weighted by Gasteiger charge is 1.94. The Morgan fingerprint density at radius 3 is 3.00 bits per heavy atom. The van der Waals surface area contributed by atoms with Gasteiger partial charge < -0.3 is 4.74 Å². The van der Waals surface area contributed by atoms with Crippen molar-refractivity contribution in [2.45, 2.75) is 26.2 Å². The lowest BCUT2D eigenvalue weighted by Crippen LogP contribution is -1.96. The number of ether oxygens (including phenoxy) is 1. The summed E-state index contributed by atoms with van der Waals surface area (Å²) in [4.78, 5) is 0. The van der Waals surface area contributed by atoms with Crippen LogP contribution in [0.3, 0.4) is 0 Å². The summed E-state index contributed by atoms with van der Waals surface area (Å²) in [5.41, 5.74) is 0. The minimum atomic E-state index is 0.605. The van der Waals surface area contributed by atoms with Crippen molar-refractivity contribution in [1.82, 2.24) is 0 Å². The van der Waals surface area contributed by atoms with E-state index in [1.54, 1.807) is 12.1 Å². The van der Waals surface area contributed by atoms with E-state index in [1.165, 1.54) is 12.8 Å². The molecule has 1 radical (unpaired) electrons. The fourth-order valence-electron chi connectivity index (χ4n) is 1.05. The lowest BCUT2D eigenvalue weighted by molar-refractivity contribution is 0.306. The van der Waals surface area contributed by atoms with Crippen LogP contribution in [0, 0.1) is 6.07 Å². The van der Waals surface area contributed by atoms with Gasteiger partial charge in [-0.2, -0.15) is 0 Å². The summed E-state index contributed by atoms with van der Waals surface area (Å²) in [6.07, 6.45) is 3.53. The highest BCUT2D eigenvalue weighted by Crippen LogP contribution is 2.16. The van der Waals surface area contributed by atoms with Crippen molar-refractivity contribution in [3.63, 3.8) is 0 Å². The molecular formula is C11H14ClO. The summed E-state index contributed by atoms with van der Waals surface area (Å²) < 4.78 is 5.48. The normalized spacial score (nSPS) is 10.0. The average Bonchev–Trinajstić information content (AvgIpc) is 2.13. The molecule has 0 spiro atoms. The van der Waals surface area contributed by atoms with E-state index in [4.69, 9.17) is 16.3 Å². The van der Waals surface area contributed by atoms with Gasteiger partial charge in [-0.25, -0.2) is 0 Å². The van der Waals surface area contributed by atoms with Crippen LogP contribution in [0.1, 0.15) is 26.2 Å². The van der Waals surface area contributed by atoms with Crippen LogP contribution in [-0.4, -0.2) is 6.61 Å². The van der Waals surface area contributed by atoms with E-state index in [2.05, 4.69) is 13.0 Å². The Balaban J connectivity index is 2.28. The smallest absolute Gasteiger partial charge is 0.120 e. The van der Waals surface area contributed by atoms with Crippen molar-refractivity contribution in [3.05, 3.63) is 29.3 Å². The molecule has 1 rings (SSSR count). The van der Waals surface area contributed by atoms with Gasteiger partial charge in [-0.1, -0.05) is 31.4 Å². The van der Waals surface area contributed by atoms with E-state index >= 15 is 0 Å². The standard InChI is InChI=1S/C11H14ClO/c1-2-3-4-8-13-11-7-5-6-10(12)9-11/h5,7,9H,2-4,8H2,1H3. The van der Waals surface area contributed by atoms with Crippen LogP contribution in [0.25, 0.3) is 0 Å². The maximum Gasteiger partial charge on any atom is 0.120 e. The molecule has 0 bridgehead atoms. The van der Waals surface area contributed by atoms with E-state index in [0.29, 0.717) is 5.02 Å². The first-order chi connectivity index (χ1) is 6.33. The topological polar surface area (TPSA) is 9.23 Å². The molecular weight excluding hydrogens is 184 g/mol. The first kappa shape index (κ1) is 10.4. The Labute approximate surface area is 84.7 Å². The predicted octanol–water partition coefficient (Wildman–Crippen LogP) is 3.71. The third kappa shape index (κ3) is 4.18. The quantitative estimate of drug-likeness (QED) is 0.654. The molecule has 0 atom stereocenters. The molecule has 1 aromatic rings. The molecule has 0 aromatic heterocycles. The Morgan fingerprint density at radius 2 is 2.31 bits per heavy atom. The minimum absolute atomic E-state index is 0.605. The van der Waals surface area contributed by atoms with Gasteiger partial charge in [0.1, 0.15) is 5.75 Å². The molecule has 0 heterocycles. The molecule has 71 valence electrons. The maximum absolute atomic E-state index is 5.75. The van der Waals surface area contributed by atoms with Crippen LogP contribution in [0.2, 0.25) is 5.02 Å². The Morgan fingerprint density at radius 1 is 1.46 bits per heavy atom. The molecule has 0 aliphatic rings. The summed E-state index contributed by atoms with van der Waals surface area (Å²) in [5.74, 6) is 0.833. The molecule has 0 aliphatic heterocycles. The van der Waals surface area contributed by atoms with Crippen molar-refractivity contribution in [2.75, 3.05) is 6.61 Å². The second-order valence-electron chi connectivity index (χ2n) is 2.93. The molecule has 13 heavy (non-hydrogen) atoms. The third-order valence-electron chi connectivity index (χ3n) is 1.75. The van der Waals surface area contributed by atoms with Crippen LogP contribution < -0.4 is 4.74 Å². The van der Waals surface area contributed by atoms with Gasteiger partial charge in [0.15, 0.2) is 0 Å². The Hall–Kier alpha value is -0.690. The summed E-state index contributed by atoms with van der Waals surface area (Å²) in [6.45, 7) is 2.95. The molecule has 1 aromatic carbocycles. The number of halogens is 1. The summed E-state index contributed by atoms with van der Waals surface area (Å²) in [7, 11) is 0. The minimum Gasteiger partial charge on any atom is -0.494 e. The third-order valence-corrected chi connectivity index (χ3v) is 1.97. The van der Waals surface area contributed by atoms with Crippen LogP contribution in [-0.2, 0) is 0 Å². The van der Waals surface area contributed by atoms with E-state index in [0.717, 1.165) is 18.8 Å². The van der Waals surface area contributed by atoms with Gasteiger partial charge in [0.25, 0.3) is 0 Å². The van der Waals surface area contributed by atoms with Gasteiger partial charge in [0, 0.05) is 6.07 Å². The lowest BCUT2D eigenvalue weighted by atomic mass is 10.3. The molecule has 0 N–H and O–H groups in total. The number of benzene rings is 1. The van der Waals surface area contributed by atoms with E-state index in [9.17, 15) is 0 Å². The summed E-state index contributed by atoms with van der Waals surface area (Å²) >= 11 is 5.75. The fourth-order valence-corrected chi connectivity index (χ4v) is 1.22. The zero-order chi connectivity index (χ0) is 9.52. The molecule has 1 nitrogen and oxygen atoms in total. The Bertz CT molecular complexity index is 248. The predicted molar refractivity (Wildman–Crippen MR) is 55.3 cm³/mol. The highest BCUT2D eigenvalue weighted by atomic mass is 35.5. The van der Waals surface area contributed by atoms with Crippen LogP contribution in [0.4, 0.5) is 0 Å². The maximum atomic E-state index is 5.75. The molecule has 0 unspecified atom stereocenters. The molecule has 0 amide bonds. The highest BCUT2D eigenvalue weighted by molar-refractivity contribution is 6.30. The molecule has 0 saturated carbocycles. The zero-order valence-electron chi connectivity index (χ0n) is 7.85. The molecule has 0 saturated heterocycles. The second-order valence-corrected chi connectivity index (χ2v) is 3.34. The number of hydrogen-bond donors (Lipinski definition) is 0.